The highest BCUT2D eigenvalue weighted by atomic mass is 16.4. The molecule has 0 spiro atoms. The normalized spacial score (nSPS) is 12.7. The molecule has 2 aromatic rings. The molecule has 0 radical (unpaired) electrons. The van der Waals surface area contributed by atoms with Crippen LogP contribution in [-0.4, -0.2) is 28.8 Å². The summed E-state index contributed by atoms with van der Waals surface area (Å²) < 4.78 is 10.4. The molecule has 0 bridgehead atoms. The smallest absolute Gasteiger partial charge is 0.304 e. The third-order valence-electron chi connectivity index (χ3n) is 3.65. The van der Waals surface area contributed by atoms with Crippen molar-refractivity contribution in [3.05, 3.63) is 24.4 Å². The first-order chi connectivity index (χ1) is 12.1. The SMILES string of the molecule is CC(CC(=O)Nc1ncco1)Cc1coc(N(C)C(=O)CC(C)(C)C)n1. The van der Waals surface area contributed by atoms with E-state index in [0.717, 1.165) is 0 Å². The summed E-state index contributed by atoms with van der Waals surface area (Å²) in [5.74, 6) is -0.191. The average molecular weight is 362 g/mol. The molecule has 142 valence electrons. The zero-order chi connectivity index (χ0) is 19.3. The largest absolute Gasteiger partial charge is 0.432 e. The second-order valence-corrected chi connectivity index (χ2v) is 7.71. The maximum absolute atomic E-state index is 12.2. The van der Waals surface area contributed by atoms with E-state index < -0.39 is 0 Å². The molecule has 8 nitrogen and oxygen atoms in total. The molecule has 0 aliphatic carbocycles. The van der Waals surface area contributed by atoms with E-state index in [1.807, 2.05) is 27.7 Å². The van der Waals surface area contributed by atoms with Crippen LogP contribution in [0.2, 0.25) is 0 Å². The van der Waals surface area contributed by atoms with Gasteiger partial charge in [0.1, 0.15) is 12.5 Å². The van der Waals surface area contributed by atoms with Gasteiger partial charge in [0.05, 0.1) is 11.9 Å². The van der Waals surface area contributed by atoms with Crippen molar-refractivity contribution in [2.75, 3.05) is 17.3 Å². The third kappa shape index (κ3) is 6.02. The highest BCUT2D eigenvalue weighted by molar-refractivity contribution is 5.91. The Morgan fingerprint density at radius 1 is 1.31 bits per heavy atom. The lowest BCUT2D eigenvalue weighted by Gasteiger charge is -2.20. The van der Waals surface area contributed by atoms with Crippen LogP contribution in [0.5, 0.6) is 0 Å². The fourth-order valence-electron chi connectivity index (χ4n) is 2.42. The molecule has 26 heavy (non-hydrogen) atoms. The Labute approximate surface area is 153 Å². The Balaban J connectivity index is 1.86. The zero-order valence-corrected chi connectivity index (χ0v) is 15.9. The lowest BCUT2D eigenvalue weighted by Crippen LogP contribution is -2.30. The molecule has 0 aliphatic rings. The molecule has 2 aromatic heterocycles. The Kier molecular flexibility index (Phi) is 6.18. The van der Waals surface area contributed by atoms with Gasteiger partial charge >= 0.3 is 12.0 Å². The first kappa shape index (κ1) is 19.7. The highest BCUT2D eigenvalue weighted by Crippen LogP contribution is 2.22. The summed E-state index contributed by atoms with van der Waals surface area (Å²) in [7, 11) is 1.65. The molecular formula is C18H26N4O4. The Morgan fingerprint density at radius 2 is 2.04 bits per heavy atom. The summed E-state index contributed by atoms with van der Waals surface area (Å²) in [6, 6.07) is 0.454. The van der Waals surface area contributed by atoms with Gasteiger partial charge in [0.2, 0.25) is 11.8 Å². The number of carbonyl (C=O) groups excluding carboxylic acids is 2. The van der Waals surface area contributed by atoms with Crippen LogP contribution in [-0.2, 0) is 16.0 Å². The molecule has 1 atom stereocenters. The number of nitrogens with one attached hydrogen (secondary N) is 1. The van der Waals surface area contributed by atoms with Crippen molar-refractivity contribution in [2.24, 2.45) is 11.3 Å². The monoisotopic (exact) mass is 362 g/mol. The predicted molar refractivity (Wildman–Crippen MR) is 96.6 cm³/mol. The van der Waals surface area contributed by atoms with E-state index in [1.54, 1.807) is 7.05 Å². The molecule has 1 unspecified atom stereocenters. The number of amides is 2. The number of hydrogen-bond acceptors (Lipinski definition) is 6. The van der Waals surface area contributed by atoms with Crippen LogP contribution in [0.3, 0.4) is 0 Å². The van der Waals surface area contributed by atoms with E-state index in [-0.39, 0.29) is 35.2 Å². The van der Waals surface area contributed by atoms with E-state index in [1.165, 1.54) is 23.6 Å². The van der Waals surface area contributed by atoms with Gasteiger partial charge in [-0.25, -0.2) is 4.98 Å². The van der Waals surface area contributed by atoms with Crippen molar-refractivity contribution >= 4 is 23.8 Å². The summed E-state index contributed by atoms with van der Waals surface area (Å²) in [5, 5.41) is 2.59. The zero-order valence-electron chi connectivity index (χ0n) is 15.9. The maximum atomic E-state index is 12.2. The van der Waals surface area contributed by atoms with Crippen molar-refractivity contribution in [3.63, 3.8) is 0 Å². The van der Waals surface area contributed by atoms with Crippen molar-refractivity contribution < 1.29 is 18.4 Å². The summed E-state index contributed by atoms with van der Waals surface area (Å²) in [6.45, 7) is 7.96. The van der Waals surface area contributed by atoms with Crippen LogP contribution < -0.4 is 10.2 Å². The van der Waals surface area contributed by atoms with Gasteiger partial charge in [0.15, 0.2) is 0 Å². The molecule has 0 aromatic carbocycles. The van der Waals surface area contributed by atoms with Gasteiger partial charge in [-0.3, -0.25) is 19.8 Å². The van der Waals surface area contributed by atoms with Crippen LogP contribution in [0.25, 0.3) is 0 Å². The van der Waals surface area contributed by atoms with Gasteiger partial charge in [-0.15, -0.1) is 0 Å². The summed E-state index contributed by atoms with van der Waals surface area (Å²) in [4.78, 5) is 33.8. The maximum Gasteiger partial charge on any atom is 0.304 e. The standard InChI is InChI=1S/C18H26N4O4/c1-12(9-14(23)21-16-19-6-7-25-16)8-13-11-26-17(20-13)22(5)15(24)10-18(2,3)4/h6-7,11-12H,8-10H2,1-5H3,(H,19,21,23). The van der Waals surface area contributed by atoms with Crippen LogP contribution in [0.4, 0.5) is 12.0 Å². The quantitative estimate of drug-likeness (QED) is 0.811. The van der Waals surface area contributed by atoms with E-state index in [0.29, 0.717) is 25.0 Å². The number of carbonyl (C=O) groups is 2. The molecule has 2 heterocycles. The molecule has 1 N–H and O–H groups in total. The van der Waals surface area contributed by atoms with Gasteiger partial charge in [-0.1, -0.05) is 27.7 Å². The summed E-state index contributed by atoms with van der Waals surface area (Å²) in [6.07, 6.45) is 5.64. The van der Waals surface area contributed by atoms with Gasteiger partial charge < -0.3 is 8.83 Å². The van der Waals surface area contributed by atoms with Crippen LogP contribution >= 0.6 is 0 Å². The third-order valence-corrected chi connectivity index (χ3v) is 3.65. The Hall–Kier alpha value is -2.64. The van der Waals surface area contributed by atoms with E-state index in [2.05, 4.69) is 15.3 Å². The van der Waals surface area contributed by atoms with E-state index >= 15 is 0 Å². The van der Waals surface area contributed by atoms with Crippen LogP contribution in [0.1, 0.15) is 46.2 Å². The molecule has 0 saturated heterocycles. The fourth-order valence-corrected chi connectivity index (χ4v) is 2.42. The van der Waals surface area contributed by atoms with Gasteiger partial charge in [-0.2, -0.15) is 4.98 Å². The first-order valence-electron chi connectivity index (χ1n) is 8.54. The second-order valence-electron chi connectivity index (χ2n) is 7.71. The molecule has 0 fully saturated rings. The molecular weight excluding hydrogens is 336 g/mol. The molecule has 2 rings (SSSR count). The molecule has 2 amide bonds. The summed E-state index contributed by atoms with van der Waals surface area (Å²) >= 11 is 0. The highest BCUT2D eigenvalue weighted by Gasteiger charge is 2.23. The summed E-state index contributed by atoms with van der Waals surface area (Å²) in [5.41, 5.74) is 0.595. The number of nitrogens with zero attached hydrogens (tertiary/aromatic N) is 3. The minimum Gasteiger partial charge on any atom is -0.432 e. The van der Waals surface area contributed by atoms with Crippen LogP contribution in [0.15, 0.2) is 27.6 Å². The number of aromatic nitrogens is 2. The first-order valence-corrected chi connectivity index (χ1v) is 8.54. The van der Waals surface area contributed by atoms with E-state index in [9.17, 15) is 9.59 Å². The lowest BCUT2D eigenvalue weighted by atomic mass is 9.92. The fraction of sp³-hybridized carbons (Fsp3) is 0.556. The van der Waals surface area contributed by atoms with Gasteiger partial charge in [0.25, 0.3) is 0 Å². The van der Waals surface area contributed by atoms with Crippen LogP contribution in [0, 0.1) is 11.3 Å². The van der Waals surface area contributed by atoms with Crippen molar-refractivity contribution in [2.45, 2.75) is 47.0 Å². The van der Waals surface area contributed by atoms with Gasteiger partial charge in [-0.05, 0) is 17.8 Å². The minimum absolute atomic E-state index is 0.0403. The number of rotatable bonds is 7. The predicted octanol–water partition coefficient (Wildman–Crippen LogP) is 3.27. The molecule has 8 heteroatoms. The second kappa shape index (κ2) is 8.16. The minimum atomic E-state index is -0.179. The van der Waals surface area contributed by atoms with Crippen molar-refractivity contribution in [1.29, 1.82) is 0 Å². The number of oxazole rings is 2. The number of hydrogen-bond donors (Lipinski definition) is 1. The molecule has 0 aliphatic heterocycles. The Morgan fingerprint density at radius 3 is 2.65 bits per heavy atom. The van der Waals surface area contributed by atoms with Crippen molar-refractivity contribution in [1.82, 2.24) is 9.97 Å². The van der Waals surface area contributed by atoms with Crippen molar-refractivity contribution in [3.8, 4) is 0 Å². The van der Waals surface area contributed by atoms with Gasteiger partial charge in [0, 0.05) is 19.9 Å². The topological polar surface area (TPSA) is 101 Å². The van der Waals surface area contributed by atoms with E-state index in [4.69, 9.17) is 8.83 Å². The lowest BCUT2D eigenvalue weighted by molar-refractivity contribution is -0.120. The number of anilines is 2. The average Bonchev–Trinajstić information content (AvgIpc) is 3.16. The molecule has 0 saturated carbocycles. The Bertz CT molecular complexity index is 731.